The zero-order valence-corrected chi connectivity index (χ0v) is 17.9. The van der Waals surface area contributed by atoms with Gasteiger partial charge in [-0.15, -0.1) is 11.3 Å². The van der Waals surface area contributed by atoms with Crippen LogP contribution >= 0.6 is 11.3 Å². The average Bonchev–Trinajstić information content (AvgIpc) is 3.17. The number of anilines is 2. The number of thiazole rings is 1. The van der Waals surface area contributed by atoms with Gasteiger partial charge in [-0.1, -0.05) is 19.1 Å². The van der Waals surface area contributed by atoms with Crippen LogP contribution in [0, 0.1) is 5.92 Å². The number of carbonyl (C=O) groups is 2. The third-order valence-corrected chi connectivity index (χ3v) is 7.08. The second-order valence-corrected chi connectivity index (χ2v) is 8.90. The lowest BCUT2D eigenvalue weighted by Crippen LogP contribution is -2.48. The van der Waals surface area contributed by atoms with E-state index in [9.17, 15) is 9.59 Å². The quantitative estimate of drug-likeness (QED) is 0.838. The summed E-state index contributed by atoms with van der Waals surface area (Å²) in [5.74, 6) is 0.242. The van der Waals surface area contributed by atoms with Crippen molar-refractivity contribution in [3.05, 3.63) is 40.4 Å². The molecule has 1 unspecified atom stereocenters. The summed E-state index contributed by atoms with van der Waals surface area (Å²) in [6.45, 7) is 6.89. The maximum atomic E-state index is 12.8. The van der Waals surface area contributed by atoms with E-state index in [-0.39, 0.29) is 17.7 Å². The second kappa shape index (κ2) is 8.53. The topological polar surface area (TPSA) is 65.5 Å². The Hall–Kier alpha value is -2.41. The Morgan fingerprint density at radius 1 is 1.24 bits per heavy atom. The molecule has 0 spiro atoms. The number of aryl methyl sites for hydroxylation is 2. The van der Waals surface area contributed by atoms with Gasteiger partial charge in [0.05, 0.1) is 5.69 Å². The van der Waals surface area contributed by atoms with Gasteiger partial charge in [0.2, 0.25) is 11.8 Å². The van der Waals surface area contributed by atoms with Crippen LogP contribution in [0.3, 0.4) is 0 Å². The van der Waals surface area contributed by atoms with E-state index >= 15 is 0 Å². The first kappa shape index (κ1) is 19.9. The first-order chi connectivity index (χ1) is 14.0. The fourth-order valence-electron chi connectivity index (χ4n) is 4.05. The molecule has 1 saturated heterocycles. The van der Waals surface area contributed by atoms with Crippen LogP contribution in [0.5, 0.6) is 0 Å². The van der Waals surface area contributed by atoms with Gasteiger partial charge in [0.25, 0.3) is 0 Å². The summed E-state index contributed by atoms with van der Waals surface area (Å²) in [6.07, 6.45) is 3.42. The number of hydrogen-bond acceptors (Lipinski definition) is 5. The minimum Gasteiger partial charge on any atom is -0.345 e. The molecule has 2 aliphatic rings. The number of fused-ring (bicyclic) bond motifs is 1. The highest BCUT2D eigenvalue weighted by Gasteiger charge is 2.29. The van der Waals surface area contributed by atoms with E-state index < -0.39 is 0 Å². The Bertz CT molecular complexity index is 902. The number of rotatable bonds is 4. The van der Waals surface area contributed by atoms with Crippen LogP contribution in [0.15, 0.2) is 24.3 Å². The van der Waals surface area contributed by atoms with Crippen molar-refractivity contribution in [3.63, 3.8) is 0 Å². The smallest absolute Gasteiger partial charge is 0.227 e. The zero-order chi connectivity index (χ0) is 20.4. The normalized spacial score (nSPS) is 19.0. The highest BCUT2D eigenvalue weighted by molar-refractivity contribution is 7.15. The van der Waals surface area contributed by atoms with E-state index in [1.165, 1.54) is 10.4 Å². The largest absolute Gasteiger partial charge is 0.345 e. The monoisotopic (exact) mass is 412 g/mol. The van der Waals surface area contributed by atoms with Crippen molar-refractivity contribution in [1.29, 1.82) is 0 Å². The van der Waals surface area contributed by atoms with Crippen LogP contribution < -0.4 is 10.2 Å². The lowest BCUT2D eigenvalue weighted by molar-refractivity contribution is -0.129. The third kappa shape index (κ3) is 4.45. The molecule has 4 rings (SSSR count). The number of nitrogens with one attached hydrogen (secondary N) is 1. The molecule has 7 heteroatoms. The van der Waals surface area contributed by atoms with Crippen molar-refractivity contribution in [3.8, 4) is 0 Å². The summed E-state index contributed by atoms with van der Waals surface area (Å²) in [4.78, 5) is 34.6. The molecule has 2 heterocycles. The molecule has 0 saturated carbocycles. The lowest BCUT2D eigenvalue weighted by Gasteiger charge is -2.33. The van der Waals surface area contributed by atoms with Gasteiger partial charge in [-0.2, -0.15) is 0 Å². The van der Waals surface area contributed by atoms with Crippen LogP contribution in [0.2, 0.25) is 0 Å². The highest BCUT2D eigenvalue weighted by atomic mass is 32.1. The molecule has 29 heavy (non-hydrogen) atoms. The first-order valence-corrected chi connectivity index (χ1v) is 11.2. The Morgan fingerprint density at radius 3 is 2.76 bits per heavy atom. The van der Waals surface area contributed by atoms with E-state index in [0.29, 0.717) is 0 Å². The molecule has 1 N–H and O–H groups in total. The van der Waals surface area contributed by atoms with Crippen molar-refractivity contribution in [2.45, 2.75) is 39.5 Å². The van der Waals surface area contributed by atoms with Crippen molar-refractivity contribution in [2.24, 2.45) is 5.92 Å². The third-order valence-electron chi connectivity index (χ3n) is 5.90. The van der Waals surface area contributed by atoms with Gasteiger partial charge in [0.1, 0.15) is 0 Å². The summed E-state index contributed by atoms with van der Waals surface area (Å²) < 4.78 is 0. The SMILES string of the molecule is CCc1cccc(NC(=O)C2CCc3nc(N4CCN(C(C)=O)CC4)sc3C2)c1. The van der Waals surface area contributed by atoms with Gasteiger partial charge >= 0.3 is 0 Å². The molecule has 2 amide bonds. The standard InChI is InChI=1S/C22H28N4O2S/c1-3-16-5-4-6-18(13-16)23-21(28)17-7-8-19-20(14-17)29-22(24-19)26-11-9-25(10-12-26)15(2)27/h4-6,13,17H,3,7-12,14H2,1-2H3,(H,23,28). The van der Waals surface area contributed by atoms with Gasteiger partial charge in [-0.3, -0.25) is 9.59 Å². The molecule has 154 valence electrons. The molecule has 1 fully saturated rings. The molecule has 1 atom stereocenters. The molecule has 2 aromatic rings. The number of aromatic nitrogens is 1. The minimum absolute atomic E-state index is 0.00403. The Morgan fingerprint density at radius 2 is 2.03 bits per heavy atom. The minimum atomic E-state index is -0.00403. The van der Waals surface area contributed by atoms with E-state index in [1.54, 1.807) is 18.3 Å². The summed E-state index contributed by atoms with van der Waals surface area (Å²) >= 11 is 1.72. The molecule has 0 bridgehead atoms. The van der Waals surface area contributed by atoms with E-state index in [0.717, 1.165) is 68.4 Å². The number of hydrogen-bond donors (Lipinski definition) is 1. The predicted molar refractivity (Wildman–Crippen MR) is 117 cm³/mol. The highest BCUT2D eigenvalue weighted by Crippen LogP contribution is 2.35. The van der Waals surface area contributed by atoms with Gasteiger partial charge in [-0.25, -0.2) is 4.98 Å². The van der Waals surface area contributed by atoms with Crippen LogP contribution in [-0.2, 0) is 28.9 Å². The van der Waals surface area contributed by atoms with E-state index in [2.05, 4.69) is 29.3 Å². The molecule has 1 aromatic carbocycles. The van der Waals surface area contributed by atoms with Crippen molar-refractivity contribution in [1.82, 2.24) is 9.88 Å². The molecular formula is C22H28N4O2S. The number of piperazine rings is 1. The fourth-order valence-corrected chi connectivity index (χ4v) is 5.28. The lowest BCUT2D eigenvalue weighted by atomic mass is 9.90. The Balaban J connectivity index is 1.38. The Kier molecular flexibility index (Phi) is 5.85. The number of benzene rings is 1. The van der Waals surface area contributed by atoms with Crippen LogP contribution in [0.4, 0.5) is 10.8 Å². The van der Waals surface area contributed by atoms with Crippen molar-refractivity contribution >= 4 is 34.0 Å². The predicted octanol–water partition coefficient (Wildman–Crippen LogP) is 3.12. The van der Waals surface area contributed by atoms with Gasteiger partial charge < -0.3 is 15.1 Å². The van der Waals surface area contributed by atoms with Crippen LogP contribution in [-0.4, -0.2) is 47.9 Å². The maximum absolute atomic E-state index is 12.8. The summed E-state index contributed by atoms with van der Waals surface area (Å²) in [5.41, 5.74) is 3.26. The van der Waals surface area contributed by atoms with E-state index in [1.807, 2.05) is 17.0 Å². The zero-order valence-electron chi connectivity index (χ0n) is 17.1. The molecule has 1 aliphatic heterocycles. The molecule has 1 aliphatic carbocycles. The van der Waals surface area contributed by atoms with E-state index in [4.69, 9.17) is 4.98 Å². The molecule has 6 nitrogen and oxygen atoms in total. The van der Waals surface area contributed by atoms with Gasteiger partial charge in [-0.05, 0) is 43.4 Å². The number of nitrogens with zero attached hydrogens (tertiary/aromatic N) is 3. The number of carbonyl (C=O) groups excluding carboxylic acids is 2. The number of amides is 2. The summed E-state index contributed by atoms with van der Waals surface area (Å²) in [6, 6.07) is 8.08. The van der Waals surface area contributed by atoms with Crippen molar-refractivity contribution < 1.29 is 9.59 Å². The molecule has 0 radical (unpaired) electrons. The van der Waals surface area contributed by atoms with Crippen LogP contribution in [0.1, 0.15) is 36.4 Å². The van der Waals surface area contributed by atoms with Gasteiger partial charge in [0.15, 0.2) is 5.13 Å². The first-order valence-electron chi connectivity index (χ1n) is 10.4. The summed E-state index contributed by atoms with van der Waals surface area (Å²) in [5, 5.41) is 4.14. The summed E-state index contributed by atoms with van der Waals surface area (Å²) in [7, 11) is 0. The van der Waals surface area contributed by atoms with Crippen molar-refractivity contribution in [2.75, 3.05) is 36.4 Å². The fraction of sp³-hybridized carbons (Fsp3) is 0.500. The maximum Gasteiger partial charge on any atom is 0.227 e. The Labute approximate surface area is 175 Å². The molecular weight excluding hydrogens is 384 g/mol. The van der Waals surface area contributed by atoms with Gasteiger partial charge in [0, 0.05) is 49.6 Å². The second-order valence-electron chi connectivity index (χ2n) is 7.84. The van der Waals surface area contributed by atoms with Crippen LogP contribution in [0.25, 0.3) is 0 Å². The molecule has 1 aromatic heterocycles. The average molecular weight is 413 g/mol.